The summed E-state index contributed by atoms with van der Waals surface area (Å²) in [5.41, 5.74) is 0. The van der Waals surface area contributed by atoms with E-state index in [1.165, 1.54) is 11.3 Å². The molecule has 3 nitrogen and oxygen atoms in total. The molecule has 0 aromatic carbocycles. The van der Waals surface area contributed by atoms with Gasteiger partial charge in [-0.2, -0.15) is 0 Å². The minimum Gasteiger partial charge on any atom is -0.382 e. The van der Waals surface area contributed by atoms with Crippen LogP contribution in [0.15, 0.2) is 17.5 Å². The van der Waals surface area contributed by atoms with Crippen LogP contribution in [-0.2, 0) is 9.47 Å². The zero-order valence-corrected chi connectivity index (χ0v) is 9.29. The lowest BCUT2D eigenvalue weighted by Crippen LogP contribution is -2.25. The Kier molecular flexibility index (Phi) is 5.11. The van der Waals surface area contributed by atoms with Crippen LogP contribution in [0, 0.1) is 0 Å². The molecule has 1 N–H and O–H groups in total. The number of aliphatic hydroxyl groups is 1. The van der Waals surface area contributed by atoms with Gasteiger partial charge in [0.05, 0.1) is 0 Å². The lowest BCUT2D eigenvalue weighted by molar-refractivity contribution is -0.190. The lowest BCUT2D eigenvalue weighted by atomic mass is 10.3. The third-order valence-corrected chi connectivity index (χ3v) is 2.70. The largest absolute Gasteiger partial charge is 0.382 e. The molecule has 0 bridgehead atoms. The van der Waals surface area contributed by atoms with Crippen molar-refractivity contribution in [3.8, 4) is 0 Å². The molecule has 80 valence electrons. The summed E-state index contributed by atoms with van der Waals surface area (Å²) in [7, 11) is 0. The molecule has 0 aliphatic rings. The maximum atomic E-state index is 9.89. The Balaban J connectivity index is 2.58. The molecule has 1 rings (SSSR count). The Morgan fingerprint density at radius 2 is 2.00 bits per heavy atom. The van der Waals surface area contributed by atoms with E-state index in [4.69, 9.17) is 9.47 Å². The highest BCUT2D eigenvalue weighted by Crippen LogP contribution is 2.24. The van der Waals surface area contributed by atoms with Gasteiger partial charge in [0, 0.05) is 18.1 Å². The summed E-state index contributed by atoms with van der Waals surface area (Å²) in [5, 5.41) is 11.8. The predicted octanol–water partition coefficient (Wildman–Crippen LogP) is 2.18. The summed E-state index contributed by atoms with van der Waals surface area (Å²) in [5.74, 6) is 0. The van der Waals surface area contributed by atoms with Gasteiger partial charge in [-0.25, -0.2) is 0 Å². The van der Waals surface area contributed by atoms with Crippen molar-refractivity contribution >= 4 is 11.3 Å². The molecule has 0 saturated heterocycles. The van der Waals surface area contributed by atoms with E-state index >= 15 is 0 Å². The van der Waals surface area contributed by atoms with Crippen molar-refractivity contribution in [2.75, 3.05) is 13.2 Å². The Morgan fingerprint density at radius 1 is 1.36 bits per heavy atom. The Labute approximate surface area is 88.3 Å². The van der Waals surface area contributed by atoms with Crippen LogP contribution in [0.5, 0.6) is 0 Å². The van der Waals surface area contributed by atoms with Crippen LogP contribution < -0.4 is 0 Å². The van der Waals surface area contributed by atoms with E-state index in [1.54, 1.807) is 0 Å². The molecule has 1 aromatic rings. The molecule has 0 aliphatic carbocycles. The molecule has 1 unspecified atom stereocenters. The van der Waals surface area contributed by atoms with Gasteiger partial charge in [0.1, 0.15) is 6.10 Å². The van der Waals surface area contributed by atoms with Gasteiger partial charge in [0.25, 0.3) is 0 Å². The van der Waals surface area contributed by atoms with E-state index < -0.39 is 12.4 Å². The number of hydrogen-bond acceptors (Lipinski definition) is 4. The highest BCUT2D eigenvalue weighted by atomic mass is 32.1. The lowest BCUT2D eigenvalue weighted by Gasteiger charge is -2.21. The van der Waals surface area contributed by atoms with E-state index in [0.717, 1.165) is 4.88 Å². The second kappa shape index (κ2) is 6.14. The molecule has 0 fully saturated rings. The number of aliphatic hydroxyl groups excluding tert-OH is 1. The summed E-state index contributed by atoms with van der Waals surface area (Å²) >= 11 is 1.50. The fraction of sp³-hybridized carbons (Fsp3) is 0.600. The Morgan fingerprint density at radius 3 is 2.43 bits per heavy atom. The van der Waals surface area contributed by atoms with Gasteiger partial charge in [-0.05, 0) is 25.3 Å². The van der Waals surface area contributed by atoms with Crippen LogP contribution in [0.4, 0.5) is 0 Å². The normalized spacial score (nSPS) is 13.4. The summed E-state index contributed by atoms with van der Waals surface area (Å²) in [6.07, 6.45) is -1.24. The zero-order valence-electron chi connectivity index (χ0n) is 8.47. The molecule has 14 heavy (non-hydrogen) atoms. The number of thiophene rings is 1. The van der Waals surface area contributed by atoms with E-state index in [9.17, 15) is 5.11 Å². The summed E-state index contributed by atoms with van der Waals surface area (Å²) in [6, 6.07) is 3.78. The minimum atomic E-state index is -0.685. The van der Waals surface area contributed by atoms with Crippen molar-refractivity contribution in [1.82, 2.24) is 0 Å². The molecule has 1 aromatic heterocycles. The third kappa shape index (κ3) is 3.06. The van der Waals surface area contributed by atoms with Crippen LogP contribution in [0.1, 0.15) is 24.8 Å². The first-order chi connectivity index (χ1) is 6.79. The van der Waals surface area contributed by atoms with Crippen molar-refractivity contribution in [3.05, 3.63) is 22.4 Å². The molecule has 0 saturated carbocycles. The van der Waals surface area contributed by atoms with Crippen molar-refractivity contribution in [1.29, 1.82) is 0 Å². The van der Waals surface area contributed by atoms with Crippen LogP contribution in [0.25, 0.3) is 0 Å². The number of rotatable bonds is 6. The van der Waals surface area contributed by atoms with Gasteiger partial charge in [-0.3, -0.25) is 0 Å². The first kappa shape index (κ1) is 11.7. The van der Waals surface area contributed by atoms with E-state index in [0.29, 0.717) is 13.2 Å². The van der Waals surface area contributed by atoms with Gasteiger partial charge < -0.3 is 14.6 Å². The maximum absolute atomic E-state index is 9.89. The van der Waals surface area contributed by atoms with E-state index in [1.807, 2.05) is 31.4 Å². The quantitative estimate of drug-likeness (QED) is 0.741. The molecule has 0 amide bonds. The third-order valence-electron chi connectivity index (χ3n) is 1.75. The zero-order chi connectivity index (χ0) is 10.4. The molecular weight excluding hydrogens is 200 g/mol. The van der Waals surface area contributed by atoms with Crippen molar-refractivity contribution in [2.24, 2.45) is 0 Å². The smallest absolute Gasteiger partial charge is 0.188 e. The average molecular weight is 216 g/mol. The first-order valence-electron chi connectivity index (χ1n) is 4.74. The molecule has 1 heterocycles. The number of hydrogen-bond donors (Lipinski definition) is 1. The molecule has 0 aliphatic heterocycles. The molecular formula is C10H16O3S. The Bertz CT molecular complexity index is 230. The molecule has 1 atom stereocenters. The SMILES string of the molecule is CCOC(OCC)C(O)c1cccs1. The Hall–Kier alpha value is -0.420. The van der Waals surface area contributed by atoms with Crippen LogP contribution in [0.2, 0.25) is 0 Å². The van der Waals surface area contributed by atoms with Crippen LogP contribution in [0.3, 0.4) is 0 Å². The second-order valence-corrected chi connectivity index (χ2v) is 3.72. The maximum Gasteiger partial charge on any atom is 0.188 e. The highest BCUT2D eigenvalue weighted by molar-refractivity contribution is 7.10. The average Bonchev–Trinajstić information content (AvgIpc) is 2.69. The fourth-order valence-corrected chi connectivity index (χ4v) is 1.87. The summed E-state index contributed by atoms with van der Waals surface area (Å²) < 4.78 is 10.6. The summed E-state index contributed by atoms with van der Waals surface area (Å²) in [6.45, 7) is 4.83. The van der Waals surface area contributed by atoms with Crippen molar-refractivity contribution < 1.29 is 14.6 Å². The van der Waals surface area contributed by atoms with Crippen LogP contribution >= 0.6 is 11.3 Å². The molecule has 4 heteroatoms. The topological polar surface area (TPSA) is 38.7 Å². The van der Waals surface area contributed by atoms with Gasteiger partial charge in [0.15, 0.2) is 6.29 Å². The van der Waals surface area contributed by atoms with E-state index in [2.05, 4.69) is 0 Å². The van der Waals surface area contributed by atoms with Gasteiger partial charge in [-0.15, -0.1) is 11.3 Å². The molecule has 0 radical (unpaired) electrons. The molecule has 0 spiro atoms. The number of ether oxygens (including phenoxy) is 2. The van der Waals surface area contributed by atoms with Gasteiger partial charge >= 0.3 is 0 Å². The standard InChI is InChI=1S/C10H16O3S/c1-3-12-10(13-4-2)9(11)8-6-5-7-14-8/h5-7,9-11H,3-4H2,1-2H3. The van der Waals surface area contributed by atoms with Crippen molar-refractivity contribution in [2.45, 2.75) is 26.2 Å². The van der Waals surface area contributed by atoms with Crippen molar-refractivity contribution in [3.63, 3.8) is 0 Å². The van der Waals surface area contributed by atoms with Gasteiger partial charge in [0.2, 0.25) is 0 Å². The van der Waals surface area contributed by atoms with E-state index in [-0.39, 0.29) is 0 Å². The fourth-order valence-electron chi connectivity index (χ4n) is 1.15. The predicted molar refractivity (Wildman–Crippen MR) is 56.3 cm³/mol. The summed E-state index contributed by atoms with van der Waals surface area (Å²) in [4.78, 5) is 0.872. The minimum absolute atomic E-state index is 0.535. The first-order valence-corrected chi connectivity index (χ1v) is 5.62. The highest BCUT2D eigenvalue weighted by Gasteiger charge is 2.22. The van der Waals surface area contributed by atoms with Crippen LogP contribution in [-0.4, -0.2) is 24.6 Å². The second-order valence-electron chi connectivity index (χ2n) is 2.74. The van der Waals surface area contributed by atoms with Gasteiger partial charge in [-0.1, -0.05) is 6.07 Å². The monoisotopic (exact) mass is 216 g/mol.